The summed E-state index contributed by atoms with van der Waals surface area (Å²) in [6.45, 7) is 2.07. The van der Waals surface area contributed by atoms with E-state index >= 15 is 0 Å². The van der Waals surface area contributed by atoms with Crippen LogP contribution in [0.1, 0.15) is 17.4 Å². The Labute approximate surface area is 80.7 Å². The molecule has 0 atom stereocenters. The number of carbonyl (C=O) groups excluding carboxylic acids is 1. The molecule has 1 heterocycles. The Hall–Kier alpha value is -0.740. The van der Waals surface area contributed by atoms with Crippen LogP contribution in [0, 0.1) is 0 Å². The van der Waals surface area contributed by atoms with Gasteiger partial charge in [-0.25, -0.2) is 9.78 Å². The number of H-pyrrole nitrogens is 1. The standard InChI is InChI=1S/C6H7ClN2O2.ClH/c1-2-11-5(10)4-3-8-6(7)9-4;/h3H,2H2,1H3,(H,8,9);1H. The highest BCUT2D eigenvalue weighted by Gasteiger charge is 2.08. The first-order valence-corrected chi connectivity index (χ1v) is 3.49. The Bertz CT molecular complexity index is 262. The number of rotatable bonds is 2. The van der Waals surface area contributed by atoms with E-state index in [1.807, 2.05) is 0 Å². The van der Waals surface area contributed by atoms with Crippen molar-refractivity contribution in [2.24, 2.45) is 0 Å². The number of ether oxygens (including phenoxy) is 1. The SMILES string of the molecule is CCOC(=O)c1cnc(Cl)[nH]1.Cl. The molecule has 0 aliphatic carbocycles. The van der Waals surface area contributed by atoms with Crippen LogP contribution in [-0.4, -0.2) is 22.5 Å². The first-order chi connectivity index (χ1) is 5.24. The van der Waals surface area contributed by atoms with Crippen LogP contribution in [0.15, 0.2) is 6.20 Å². The third-order valence-corrected chi connectivity index (χ3v) is 1.23. The van der Waals surface area contributed by atoms with E-state index in [1.54, 1.807) is 6.92 Å². The predicted octanol–water partition coefficient (Wildman–Crippen LogP) is 1.66. The molecule has 0 saturated carbocycles. The molecule has 0 bridgehead atoms. The van der Waals surface area contributed by atoms with Crippen LogP contribution in [0.5, 0.6) is 0 Å². The topological polar surface area (TPSA) is 55.0 Å². The number of halogens is 2. The van der Waals surface area contributed by atoms with Crippen LogP contribution < -0.4 is 0 Å². The molecule has 68 valence electrons. The zero-order chi connectivity index (χ0) is 8.27. The van der Waals surface area contributed by atoms with E-state index in [-0.39, 0.29) is 23.4 Å². The van der Waals surface area contributed by atoms with Crippen molar-refractivity contribution in [1.29, 1.82) is 0 Å². The first-order valence-electron chi connectivity index (χ1n) is 3.11. The molecule has 1 aromatic rings. The maximum Gasteiger partial charge on any atom is 0.356 e. The number of aromatic amines is 1. The second-order valence-corrected chi connectivity index (χ2v) is 2.17. The first kappa shape index (κ1) is 11.3. The summed E-state index contributed by atoms with van der Waals surface area (Å²) >= 11 is 5.43. The number of esters is 1. The number of imidazole rings is 1. The van der Waals surface area contributed by atoms with Gasteiger partial charge in [0.15, 0.2) is 0 Å². The lowest BCUT2D eigenvalue weighted by Crippen LogP contribution is -2.04. The summed E-state index contributed by atoms with van der Waals surface area (Å²) in [5, 5.41) is 0.188. The van der Waals surface area contributed by atoms with Crippen molar-refractivity contribution in [3.05, 3.63) is 17.2 Å². The highest BCUT2D eigenvalue weighted by Crippen LogP contribution is 2.03. The number of hydrogen-bond acceptors (Lipinski definition) is 3. The van der Waals surface area contributed by atoms with Gasteiger partial charge in [0.2, 0.25) is 5.28 Å². The lowest BCUT2D eigenvalue weighted by molar-refractivity contribution is 0.0520. The van der Waals surface area contributed by atoms with Gasteiger partial charge in [-0.05, 0) is 18.5 Å². The van der Waals surface area contributed by atoms with Crippen molar-refractivity contribution in [3.63, 3.8) is 0 Å². The Morgan fingerprint density at radius 2 is 2.50 bits per heavy atom. The molecule has 1 N–H and O–H groups in total. The molecule has 0 amide bonds. The number of nitrogens with one attached hydrogen (secondary N) is 1. The molecule has 1 rings (SSSR count). The molecule has 0 saturated heterocycles. The molecule has 0 aliphatic heterocycles. The zero-order valence-electron chi connectivity index (χ0n) is 6.33. The predicted molar refractivity (Wildman–Crippen MR) is 46.8 cm³/mol. The van der Waals surface area contributed by atoms with Crippen LogP contribution >= 0.6 is 24.0 Å². The molecule has 12 heavy (non-hydrogen) atoms. The van der Waals surface area contributed by atoms with Gasteiger partial charge in [-0.2, -0.15) is 0 Å². The summed E-state index contributed by atoms with van der Waals surface area (Å²) in [5.41, 5.74) is 0.275. The van der Waals surface area contributed by atoms with E-state index in [0.717, 1.165) is 0 Å². The van der Waals surface area contributed by atoms with Crippen molar-refractivity contribution in [2.75, 3.05) is 6.61 Å². The van der Waals surface area contributed by atoms with Gasteiger partial charge >= 0.3 is 5.97 Å². The maximum atomic E-state index is 10.9. The normalized spacial score (nSPS) is 8.83. The molecule has 0 radical (unpaired) electrons. The summed E-state index contributed by atoms with van der Waals surface area (Å²) in [5.74, 6) is -0.438. The highest BCUT2D eigenvalue weighted by atomic mass is 35.5. The molecular formula is C6H8Cl2N2O2. The van der Waals surface area contributed by atoms with Gasteiger partial charge in [-0.15, -0.1) is 12.4 Å². The van der Waals surface area contributed by atoms with Gasteiger partial charge in [0.25, 0.3) is 0 Å². The lowest BCUT2D eigenvalue weighted by atomic mass is 10.5. The van der Waals surface area contributed by atoms with Crippen LogP contribution in [0.4, 0.5) is 0 Å². The van der Waals surface area contributed by atoms with E-state index < -0.39 is 5.97 Å². The molecule has 4 nitrogen and oxygen atoms in total. The van der Waals surface area contributed by atoms with Crippen LogP contribution in [0.25, 0.3) is 0 Å². The smallest absolute Gasteiger partial charge is 0.356 e. The Kier molecular flexibility index (Phi) is 4.70. The van der Waals surface area contributed by atoms with Gasteiger partial charge in [-0.1, -0.05) is 0 Å². The summed E-state index contributed by atoms with van der Waals surface area (Å²) in [4.78, 5) is 17.1. The minimum Gasteiger partial charge on any atom is -0.461 e. The number of carbonyl (C=O) groups is 1. The fourth-order valence-corrected chi connectivity index (χ4v) is 0.760. The van der Waals surface area contributed by atoms with Crippen molar-refractivity contribution in [3.8, 4) is 0 Å². The lowest BCUT2D eigenvalue weighted by Gasteiger charge is -1.95. The van der Waals surface area contributed by atoms with Crippen molar-refractivity contribution >= 4 is 30.0 Å². The van der Waals surface area contributed by atoms with Gasteiger partial charge < -0.3 is 9.72 Å². The maximum absolute atomic E-state index is 10.9. The minimum atomic E-state index is -0.438. The van der Waals surface area contributed by atoms with E-state index in [9.17, 15) is 4.79 Å². The second kappa shape index (κ2) is 5.00. The minimum absolute atomic E-state index is 0. The molecule has 1 aromatic heterocycles. The molecule has 6 heteroatoms. The molecule has 0 fully saturated rings. The fraction of sp³-hybridized carbons (Fsp3) is 0.333. The molecule has 0 unspecified atom stereocenters. The highest BCUT2D eigenvalue weighted by molar-refractivity contribution is 6.28. The van der Waals surface area contributed by atoms with Gasteiger partial charge in [0.1, 0.15) is 5.69 Å². The van der Waals surface area contributed by atoms with Crippen molar-refractivity contribution < 1.29 is 9.53 Å². The van der Waals surface area contributed by atoms with E-state index in [4.69, 9.17) is 11.6 Å². The summed E-state index contributed by atoms with van der Waals surface area (Å²) in [6.07, 6.45) is 1.33. The summed E-state index contributed by atoms with van der Waals surface area (Å²) in [6, 6.07) is 0. The summed E-state index contributed by atoms with van der Waals surface area (Å²) in [7, 11) is 0. The largest absolute Gasteiger partial charge is 0.461 e. The Morgan fingerprint density at radius 1 is 1.83 bits per heavy atom. The van der Waals surface area contributed by atoms with E-state index in [0.29, 0.717) is 6.61 Å². The van der Waals surface area contributed by atoms with E-state index in [1.165, 1.54) is 6.20 Å². The Morgan fingerprint density at radius 3 is 2.92 bits per heavy atom. The third-order valence-electron chi connectivity index (χ3n) is 1.04. The summed E-state index contributed by atoms with van der Waals surface area (Å²) < 4.78 is 4.67. The molecule has 0 aromatic carbocycles. The Balaban J connectivity index is 0.00000121. The monoisotopic (exact) mass is 210 g/mol. The molecular weight excluding hydrogens is 203 g/mol. The second-order valence-electron chi connectivity index (χ2n) is 1.81. The third kappa shape index (κ3) is 2.71. The van der Waals surface area contributed by atoms with Crippen LogP contribution in [-0.2, 0) is 4.74 Å². The van der Waals surface area contributed by atoms with Gasteiger partial charge in [0.05, 0.1) is 12.8 Å². The number of aromatic nitrogens is 2. The van der Waals surface area contributed by atoms with Crippen LogP contribution in [0.2, 0.25) is 5.28 Å². The quantitative estimate of drug-likeness (QED) is 0.756. The molecule has 0 aliphatic rings. The van der Waals surface area contributed by atoms with Crippen LogP contribution in [0.3, 0.4) is 0 Å². The number of nitrogens with zero attached hydrogens (tertiary/aromatic N) is 1. The van der Waals surface area contributed by atoms with Gasteiger partial charge in [-0.3, -0.25) is 0 Å². The average molecular weight is 211 g/mol. The zero-order valence-corrected chi connectivity index (χ0v) is 7.91. The van der Waals surface area contributed by atoms with Crippen molar-refractivity contribution in [2.45, 2.75) is 6.92 Å². The molecule has 0 spiro atoms. The fourth-order valence-electron chi connectivity index (χ4n) is 0.609. The van der Waals surface area contributed by atoms with E-state index in [2.05, 4.69) is 14.7 Å². The number of hydrogen-bond donors (Lipinski definition) is 1. The van der Waals surface area contributed by atoms with Crippen molar-refractivity contribution in [1.82, 2.24) is 9.97 Å². The van der Waals surface area contributed by atoms with Gasteiger partial charge in [0, 0.05) is 0 Å². The average Bonchev–Trinajstić information content (AvgIpc) is 2.36.